The van der Waals surface area contributed by atoms with E-state index in [-0.39, 0.29) is 17.9 Å². The number of carbonyl (C=O) groups excluding carboxylic acids is 2. The number of nitrogens with two attached hydrogens (primary N) is 1. The molecule has 0 saturated heterocycles. The fourth-order valence-corrected chi connectivity index (χ4v) is 1.22. The minimum absolute atomic E-state index is 0.0926. The van der Waals surface area contributed by atoms with E-state index < -0.39 is 0 Å². The highest BCUT2D eigenvalue weighted by atomic mass is 16.2. The largest absolute Gasteiger partial charge is 0.330 e. The van der Waals surface area contributed by atoms with E-state index in [1.165, 1.54) is 17.1 Å². The van der Waals surface area contributed by atoms with Crippen molar-refractivity contribution in [3.8, 4) is 0 Å². The van der Waals surface area contributed by atoms with Gasteiger partial charge in [0, 0.05) is 18.2 Å². The molecule has 0 bridgehead atoms. The van der Waals surface area contributed by atoms with E-state index in [0.717, 1.165) is 0 Å². The highest BCUT2D eigenvalue weighted by molar-refractivity contribution is 6.13. The molecule has 80 valence electrons. The van der Waals surface area contributed by atoms with Crippen LogP contribution in [0.1, 0.15) is 27.2 Å². The molecule has 14 heavy (non-hydrogen) atoms. The Bertz CT molecular complexity index is 218. The molecule has 1 aliphatic heterocycles. The van der Waals surface area contributed by atoms with Gasteiger partial charge in [0.15, 0.2) is 0 Å². The molecule has 0 aromatic carbocycles. The molecule has 1 heterocycles. The highest BCUT2D eigenvalue weighted by Gasteiger charge is 2.27. The molecule has 4 nitrogen and oxygen atoms in total. The summed E-state index contributed by atoms with van der Waals surface area (Å²) in [6, 6.07) is -0.0926. The Kier molecular flexibility index (Phi) is 5.79. The van der Waals surface area contributed by atoms with Crippen LogP contribution in [0.5, 0.6) is 0 Å². The van der Waals surface area contributed by atoms with Crippen LogP contribution < -0.4 is 5.73 Å². The number of imide groups is 1. The summed E-state index contributed by atoms with van der Waals surface area (Å²) in [5, 5.41) is 0. The monoisotopic (exact) mass is 198 g/mol. The number of rotatable bonds is 3. The summed E-state index contributed by atoms with van der Waals surface area (Å²) in [5.74, 6) is -0.470. The molecule has 1 unspecified atom stereocenters. The minimum atomic E-state index is -0.235. The normalized spacial score (nSPS) is 16.7. The highest BCUT2D eigenvalue weighted by Crippen LogP contribution is 2.10. The molecule has 1 rings (SSSR count). The predicted molar refractivity (Wildman–Crippen MR) is 55.5 cm³/mol. The number of hydrogen-bond donors (Lipinski definition) is 1. The third kappa shape index (κ3) is 2.96. The number of amides is 2. The lowest BCUT2D eigenvalue weighted by atomic mass is 10.2. The molecule has 2 N–H and O–H groups in total. The zero-order chi connectivity index (χ0) is 11.1. The molecule has 0 aromatic rings. The number of hydrogen-bond acceptors (Lipinski definition) is 3. The summed E-state index contributed by atoms with van der Waals surface area (Å²) in [6.07, 6.45) is 3.23. The molecular weight excluding hydrogens is 180 g/mol. The van der Waals surface area contributed by atoms with Gasteiger partial charge in [-0.05, 0) is 19.9 Å². The summed E-state index contributed by atoms with van der Waals surface area (Å²) >= 11 is 0. The van der Waals surface area contributed by atoms with Gasteiger partial charge in [0.05, 0.1) is 0 Å². The molecule has 1 atom stereocenters. The Morgan fingerprint density at radius 2 is 1.71 bits per heavy atom. The van der Waals surface area contributed by atoms with E-state index >= 15 is 0 Å². The molecule has 4 heteroatoms. The summed E-state index contributed by atoms with van der Waals surface area (Å²) in [6.45, 7) is 6.30. The van der Waals surface area contributed by atoms with Crippen molar-refractivity contribution < 1.29 is 9.59 Å². The van der Waals surface area contributed by atoms with E-state index in [1.54, 1.807) is 0 Å². The average Bonchev–Trinajstić information content (AvgIpc) is 2.50. The van der Waals surface area contributed by atoms with Gasteiger partial charge < -0.3 is 5.73 Å². The second-order valence-corrected chi connectivity index (χ2v) is 2.81. The van der Waals surface area contributed by atoms with Gasteiger partial charge in [-0.25, -0.2) is 0 Å². The van der Waals surface area contributed by atoms with Crippen LogP contribution in [-0.2, 0) is 9.59 Å². The minimum Gasteiger partial charge on any atom is -0.330 e. The van der Waals surface area contributed by atoms with Crippen LogP contribution in [0.15, 0.2) is 12.2 Å². The van der Waals surface area contributed by atoms with Crippen molar-refractivity contribution in [2.24, 2.45) is 5.73 Å². The van der Waals surface area contributed by atoms with Gasteiger partial charge in [0.1, 0.15) is 0 Å². The van der Waals surface area contributed by atoms with Gasteiger partial charge >= 0.3 is 0 Å². The van der Waals surface area contributed by atoms with Crippen LogP contribution in [0.25, 0.3) is 0 Å². The third-order valence-electron chi connectivity index (χ3n) is 1.87. The van der Waals surface area contributed by atoms with Crippen LogP contribution in [-0.4, -0.2) is 29.3 Å². The SMILES string of the molecule is CC.CC(CCN)N1C(=O)C=CC1=O. The summed E-state index contributed by atoms with van der Waals surface area (Å²) < 4.78 is 0. The van der Waals surface area contributed by atoms with E-state index in [2.05, 4.69) is 0 Å². The van der Waals surface area contributed by atoms with Crippen molar-refractivity contribution in [3.05, 3.63) is 12.2 Å². The van der Waals surface area contributed by atoms with E-state index in [4.69, 9.17) is 5.73 Å². The van der Waals surface area contributed by atoms with Crippen LogP contribution in [0.2, 0.25) is 0 Å². The first-order valence-corrected chi connectivity index (χ1v) is 4.92. The maximum atomic E-state index is 11.1. The van der Waals surface area contributed by atoms with Gasteiger partial charge in [-0.2, -0.15) is 0 Å². The van der Waals surface area contributed by atoms with Crippen molar-refractivity contribution in [2.75, 3.05) is 6.54 Å². The van der Waals surface area contributed by atoms with Gasteiger partial charge in [0.25, 0.3) is 11.8 Å². The molecule has 0 fully saturated rings. The lowest BCUT2D eigenvalue weighted by molar-refractivity contribution is -0.139. The molecule has 2 amide bonds. The first-order valence-electron chi connectivity index (χ1n) is 4.92. The molecular formula is C10H18N2O2. The smallest absolute Gasteiger partial charge is 0.253 e. The molecule has 0 spiro atoms. The first-order chi connectivity index (χ1) is 6.66. The third-order valence-corrected chi connectivity index (χ3v) is 1.87. The summed E-state index contributed by atoms with van der Waals surface area (Å²) in [5.41, 5.74) is 5.32. The second kappa shape index (κ2) is 6.32. The number of carbonyl (C=O) groups is 2. The van der Waals surface area contributed by atoms with Gasteiger partial charge in [0.2, 0.25) is 0 Å². The Balaban J connectivity index is 0.000000791. The molecule has 0 saturated carbocycles. The first kappa shape index (κ1) is 12.8. The van der Waals surface area contributed by atoms with Crippen molar-refractivity contribution >= 4 is 11.8 Å². The predicted octanol–water partition coefficient (Wildman–Crippen LogP) is 0.675. The topological polar surface area (TPSA) is 63.4 Å². The van der Waals surface area contributed by atoms with Crippen LogP contribution in [0.4, 0.5) is 0 Å². The fraction of sp³-hybridized carbons (Fsp3) is 0.600. The zero-order valence-corrected chi connectivity index (χ0v) is 8.99. The van der Waals surface area contributed by atoms with Crippen molar-refractivity contribution in [3.63, 3.8) is 0 Å². The maximum Gasteiger partial charge on any atom is 0.253 e. The summed E-state index contributed by atoms with van der Waals surface area (Å²) in [7, 11) is 0. The van der Waals surface area contributed by atoms with Crippen molar-refractivity contribution in [1.82, 2.24) is 4.90 Å². The zero-order valence-electron chi connectivity index (χ0n) is 8.99. The van der Waals surface area contributed by atoms with E-state index in [0.29, 0.717) is 13.0 Å². The molecule has 1 aliphatic rings. The summed E-state index contributed by atoms with van der Waals surface area (Å²) in [4.78, 5) is 23.4. The Labute approximate surface area is 84.8 Å². The Morgan fingerprint density at radius 3 is 2.07 bits per heavy atom. The maximum absolute atomic E-state index is 11.1. The molecule has 0 radical (unpaired) electrons. The fourth-order valence-electron chi connectivity index (χ4n) is 1.22. The second-order valence-electron chi connectivity index (χ2n) is 2.81. The Hall–Kier alpha value is -1.16. The van der Waals surface area contributed by atoms with Crippen LogP contribution in [0.3, 0.4) is 0 Å². The van der Waals surface area contributed by atoms with Gasteiger partial charge in [-0.3, -0.25) is 14.5 Å². The van der Waals surface area contributed by atoms with Crippen molar-refractivity contribution in [2.45, 2.75) is 33.2 Å². The van der Waals surface area contributed by atoms with Crippen LogP contribution in [0, 0.1) is 0 Å². The van der Waals surface area contributed by atoms with Crippen molar-refractivity contribution in [1.29, 1.82) is 0 Å². The molecule has 0 aliphatic carbocycles. The quantitative estimate of drug-likeness (QED) is 0.678. The molecule has 0 aromatic heterocycles. The van der Waals surface area contributed by atoms with Gasteiger partial charge in [-0.15, -0.1) is 0 Å². The van der Waals surface area contributed by atoms with E-state index in [1.807, 2.05) is 20.8 Å². The number of nitrogens with zero attached hydrogens (tertiary/aromatic N) is 1. The van der Waals surface area contributed by atoms with Crippen LogP contribution >= 0.6 is 0 Å². The standard InChI is InChI=1S/C8H12N2O2.C2H6/c1-6(4-5-9)10-7(11)2-3-8(10)12;1-2/h2-3,6H,4-5,9H2,1H3;1-2H3. The lowest BCUT2D eigenvalue weighted by Crippen LogP contribution is -2.39. The van der Waals surface area contributed by atoms with E-state index in [9.17, 15) is 9.59 Å². The average molecular weight is 198 g/mol. The Morgan fingerprint density at radius 1 is 1.29 bits per heavy atom. The lowest BCUT2D eigenvalue weighted by Gasteiger charge is -2.21. The van der Waals surface area contributed by atoms with Gasteiger partial charge in [-0.1, -0.05) is 13.8 Å².